The molecule has 4 aromatic rings. The number of amides is 1. The van der Waals surface area contributed by atoms with Crippen LogP contribution >= 0.6 is 11.6 Å². The Morgan fingerprint density at radius 3 is 2.63 bits per heavy atom. The lowest BCUT2D eigenvalue weighted by atomic mass is 10.0. The van der Waals surface area contributed by atoms with Gasteiger partial charge in [-0.1, -0.05) is 30.7 Å². The Balaban J connectivity index is 1.74. The van der Waals surface area contributed by atoms with Gasteiger partial charge in [0.05, 0.1) is 35.2 Å². The third-order valence-corrected chi connectivity index (χ3v) is 8.04. The van der Waals surface area contributed by atoms with Crippen LogP contribution in [0.25, 0.3) is 22.0 Å². The van der Waals surface area contributed by atoms with Gasteiger partial charge in [0, 0.05) is 30.4 Å². The van der Waals surface area contributed by atoms with E-state index in [0.717, 1.165) is 0 Å². The van der Waals surface area contributed by atoms with E-state index in [4.69, 9.17) is 16.3 Å². The van der Waals surface area contributed by atoms with Crippen LogP contribution in [0.1, 0.15) is 12.5 Å². The molecule has 0 fully saturated rings. The van der Waals surface area contributed by atoms with Crippen molar-refractivity contribution in [2.75, 3.05) is 18.9 Å². The van der Waals surface area contributed by atoms with Gasteiger partial charge in [-0.05, 0) is 48.4 Å². The van der Waals surface area contributed by atoms with Crippen molar-refractivity contribution in [2.24, 2.45) is 5.92 Å². The van der Waals surface area contributed by atoms with Crippen LogP contribution in [-0.4, -0.2) is 43.0 Å². The van der Waals surface area contributed by atoms with Crippen LogP contribution in [0.3, 0.4) is 0 Å². The number of nitrogens with one attached hydrogen (secondary N) is 2. The molecule has 2 N–H and O–H groups in total. The fourth-order valence-electron chi connectivity index (χ4n) is 4.02. The molecule has 2 heterocycles. The lowest BCUT2D eigenvalue weighted by Crippen LogP contribution is -2.32. The summed E-state index contributed by atoms with van der Waals surface area (Å²) in [7, 11) is -1.09. The number of anilines is 1. The number of ether oxygens (including phenoxy) is 1. The molecule has 0 bridgehead atoms. The number of pyridine rings is 1. The average Bonchev–Trinajstić information content (AvgIpc) is 2.90. The van der Waals surface area contributed by atoms with Gasteiger partial charge in [-0.15, -0.1) is 0 Å². The summed E-state index contributed by atoms with van der Waals surface area (Å²) in [4.78, 5) is 33.7. The van der Waals surface area contributed by atoms with Crippen molar-refractivity contribution in [3.05, 3.63) is 75.9 Å². The SMILES string of the molecule is CNC(=O)[C@@H](C)Cn1cnc2ccc(-c3cnc(OC)c(NS(=O)(=O)c4cccc(Cl)c4C)c3)cc2c1=O. The minimum Gasteiger partial charge on any atom is -0.480 e. The number of rotatable bonds is 8. The molecule has 12 heteroatoms. The lowest BCUT2D eigenvalue weighted by Gasteiger charge is -2.15. The number of fused-ring (bicyclic) bond motifs is 1. The van der Waals surface area contributed by atoms with E-state index in [0.29, 0.717) is 32.6 Å². The maximum Gasteiger partial charge on any atom is 0.262 e. The minimum atomic E-state index is -4.02. The molecular formula is C26H26ClN5O5S. The number of hydrogen-bond acceptors (Lipinski definition) is 7. The lowest BCUT2D eigenvalue weighted by molar-refractivity contribution is -0.124. The minimum absolute atomic E-state index is 0.0285. The van der Waals surface area contributed by atoms with Crippen molar-refractivity contribution in [1.29, 1.82) is 0 Å². The second-order valence-electron chi connectivity index (χ2n) is 8.70. The van der Waals surface area contributed by atoms with Crippen molar-refractivity contribution >= 4 is 44.1 Å². The number of carbonyl (C=O) groups is 1. The van der Waals surface area contributed by atoms with Crippen molar-refractivity contribution in [1.82, 2.24) is 19.9 Å². The number of aromatic nitrogens is 3. The number of methoxy groups -OCH3 is 1. The van der Waals surface area contributed by atoms with E-state index in [2.05, 4.69) is 20.0 Å². The molecule has 0 aliphatic carbocycles. The molecule has 0 aliphatic heterocycles. The molecule has 2 aromatic carbocycles. The Labute approximate surface area is 224 Å². The van der Waals surface area contributed by atoms with Crippen molar-refractivity contribution in [3.8, 4) is 17.0 Å². The third kappa shape index (κ3) is 5.34. The van der Waals surface area contributed by atoms with E-state index in [1.54, 1.807) is 57.3 Å². The Hall–Kier alpha value is -3.96. The van der Waals surface area contributed by atoms with Gasteiger partial charge >= 0.3 is 0 Å². The summed E-state index contributed by atoms with van der Waals surface area (Å²) in [5, 5.41) is 3.25. The van der Waals surface area contributed by atoms with Gasteiger partial charge in [0.15, 0.2) is 0 Å². The number of hydrogen-bond donors (Lipinski definition) is 2. The molecule has 1 atom stereocenters. The number of halogens is 1. The Bertz CT molecular complexity index is 1700. The fraction of sp³-hybridized carbons (Fsp3) is 0.231. The summed E-state index contributed by atoms with van der Waals surface area (Å²) in [6, 6.07) is 11.3. The van der Waals surface area contributed by atoms with Crippen LogP contribution in [-0.2, 0) is 21.4 Å². The molecule has 4 rings (SSSR count). The summed E-state index contributed by atoms with van der Waals surface area (Å²) >= 11 is 6.13. The predicted molar refractivity (Wildman–Crippen MR) is 146 cm³/mol. The molecule has 0 radical (unpaired) electrons. The van der Waals surface area contributed by atoms with Crippen LogP contribution < -0.4 is 20.3 Å². The van der Waals surface area contributed by atoms with Crippen molar-refractivity contribution in [3.63, 3.8) is 0 Å². The molecule has 0 spiro atoms. The summed E-state index contributed by atoms with van der Waals surface area (Å²) in [5.74, 6) is -0.535. The molecule has 0 saturated heterocycles. The normalized spacial score (nSPS) is 12.2. The van der Waals surface area contributed by atoms with E-state index in [1.807, 2.05) is 0 Å². The second-order valence-corrected chi connectivity index (χ2v) is 10.8. The third-order valence-electron chi connectivity index (χ3n) is 6.12. The van der Waals surface area contributed by atoms with Gasteiger partial charge in [-0.2, -0.15) is 0 Å². The molecule has 38 heavy (non-hydrogen) atoms. The first-order chi connectivity index (χ1) is 18.1. The van der Waals surface area contributed by atoms with Gasteiger partial charge in [0.1, 0.15) is 5.69 Å². The maximum absolute atomic E-state index is 13.2. The highest BCUT2D eigenvalue weighted by molar-refractivity contribution is 7.92. The first-order valence-corrected chi connectivity index (χ1v) is 13.4. The van der Waals surface area contributed by atoms with Gasteiger partial charge in [-0.3, -0.25) is 18.9 Å². The van der Waals surface area contributed by atoms with Crippen LogP contribution in [0.2, 0.25) is 5.02 Å². The standard InChI is InChI=1S/C26H26ClN5O5S/c1-15(24(33)28-3)13-32-14-30-21-9-8-17(10-19(21)26(32)34)18-11-22(25(37-4)29-12-18)31-38(35,36)23-7-5-6-20(27)16(23)2/h5-12,14-15,31H,13H2,1-4H3,(H,28,33)/t15-/m0/s1. The van der Waals surface area contributed by atoms with Gasteiger partial charge in [-0.25, -0.2) is 18.4 Å². The topological polar surface area (TPSA) is 132 Å². The number of carbonyl (C=O) groups excluding carboxylic acids is 1. The second kappa shape index (κ2) is 10.8. The largest absolute Gasteiger partial charge is 0.480 e. The first-order valence-electron chi connectivity index (χ1n) is 11.6. The maximum atomic E-state index is 13.2. The number of benzene rings is 2. The van der Waals surface area contributed by atoms with Gasteiger partial charge in [0.2, 0.25) is 11.8 Å². The van der Waals surface area contributed by atoms with E-state index >= 15 is 0 Å². The highest BCUT2D eigenvalue weighted by Gasteiger charge is 2.21. The monoisotopic (exact) mass is 555 g/mol. The van der Waals surface area contributed by atoms with Crippen molar-refractivity contribution in [2.45, 2.75) is 25.3 Å². The molecule has 2 aromatic heterocycles. The quantitative estimate of drug-likeness (QED) is 0.339. The zero-order chi connectivity index (χ0) is 27.6. The summed E-state index contributed by atoms with van der Waals surface area (Å²) < 4.78 is 35.6. The zero-order valence-corrected chi connectivity index (χ0v) is 22.7. The Kier molecular flexibility index (Phi) is 7.70. The zero-order valence-electron chi connectivity index (χ0n) is 21.1. The molecular weight excluding hydrogens is 530 g/mol. The number of nitrogens with zero attached hydrogens (tertiary/aromatic N) is 3. The van der Waals surface area contributed by atoms with E-state index in [9.17, 15) is 18.0 Å². The molecule has 0 aliphatic rings. The van der Waals surface area contributed by atoms with Gasteiger partial charge < -0.3 is 10.1 Å². The van der Waals surface area contributed by atoms with Crippen LogP contribution in [0.4, 0.5) is 5.69 Å². The molecule has 0 unspecified atom stereocenters. The smallest absolute Gasteiger partial charge is 0.262 e. The number of sulfonamides is 1. The van der Waals surface area contributed by atoms with E-state index in [1.165, 1.54) is 30.3 Å². The van der Waals surface area contributed by atoms with Crippen molar-refractivity contribution < 1.29 is 17.9 Å². The fourth-order valence-corrected chi connectivity index (χ4v) is 5.56. The molecule has 0 saturated carbocycles. The predicted octanol–water partition coefficient (Wildman–Crippen LogP) is 3.61. The van der Waals surface area contributed by atoms with Crippen LogP contribution in [0.5, 0.6) is 5.88 Å². The molecule has 1 amide bonds. The highest BCUT2D eigenvalue weighted by Crippen LogP contribution is 2.32. The summed E-state index contributed by atoms with van der Waals surface area (Å²) in [6.07, 6.45) is 2.94. The summed E-state index contributed by atoms with van der Waals surface area (Å²) in [5.41, 5.74) is 1.87. The first kappa shape index (κ1) is 27.1. The molecule has 198 valence electrons. The Morgan fingerprint density at radius 1 is 1.16 bits per heavy atom. The summed E-state index contributed by atoms with van der Waals surface area (Å²) in [6.45, 7) is 3.51. The average molecular weight is 556 g/mol. The highest BCUT2D eigenvalue weighted by atomic mass is 35.5. The van der Waals surface area contributed by atoms with Crippen LogP contribution in [0.15, 0.2) is 64.7 Å². The van der Waals surface area contributed by atoms with Crippen LogP contribution in [0, 0.1) is 12.8 Å². The van der Waals surface area contributed by atoms with Gasteiger partial charge in [0.25, 0.3) is 15.6 Å². The van der Waals surface area contributed by atoms with E-state index < -0.39 is 15.9 Å². The Morgan fingerprint density at radius 2 is 1.92 bits per heavy atom. The van der Waals surface area contributed by atoms with E-state index in [-0.39, 0.29) is 34.5 Å². The molecule has 10 nitrogen and oxygen atoms in total.